The SMILES string of the molecule is N#CCNC(=O)c1ccc(-c2nc(Nc3ccc(N4CCOCC4=O)cc3)ncc2F)cc1. The van der Waals surface area contributed by atoms with Crippen LogP contribution in [0.1, 0.15) is 10.4 Å². The van der Waals surface area contributed by atoms with Gasteiger partial charge in [0.1, 0.15) is 18.8 Å². The molecular weight excluding hydrogens is 427 g/mol. The molecule has 2 heterocycles. The molecule has 0 atom stereocenters. The fourth-order valence-electron chi connectivity index (χ4n) is 3.28. The van der Waals surface area contributed by atoms with Crippen LogP contribution in [0.4, 0.5) is 21.7 Å². The molecule has 9 nitrogen and oxygen atoms in total. The second-order valence-electron chi connectivity index (χ2n) is 7.08. The number of benzene rings is 2. The lowest BCUT2D eigenvalue weighted by Crippen LogP contribution is -2.41. The molecule has 2 aromatic carbocycles. The van der Waals surface area contributed by atoms with Crippen LogP contribution in [0.3, 0.4) is 0 Å². The molecule has 1 fully saturated rings. The predicted octanol–water partition coefficient (Wildman–Crippen LogP) is 2.64. The van der Waals surface area contributed by atoms with Crippen LogP contribution in [-0.4, -0.2) is 48.1 Å². The summed E-state index contributed by atoms with van der Waals surface area (Å²) in [6.07, 6.45) is 1.07. The molecule has 10 heteroatoms. The molecule has 1 aromatic heterocycles. The number of amides is 2. The number of aromatic nitrogens is 2. The van der Waals surface area contributed by atoms with Gasteiger partial charge >= 0.3 is 0 Å². The molecule has 1 aliphatic rings. The summed E-state index contributed by atoms with van der Waals surface area (Å²) in [5.41, 5.74) is 2.32. The second-order valence-corrected chi connectivity index (χ2v) is 7.08. The van der Waals surface area contributed by atoms with Crippen LogP contribution in [0.2, 0.25) is 0 Å². The van der Waals surface area contributed by atoms with Crippen LogP contribution < -0.4 is 15.5 Å². The highest BCUT2D eigenvalue weighted by atomic mass is 19.1. The number of nitrogens with one attached hydrogen (secondary N) is 2. The van der Waals surface area contributed by atoms with Crippen LogP contribution in [0, 0.1) is 17.1 Å². The van der Waals surface area contributed by atoms with E-state index in [4.69, 9.17) is 10.00 Å². The Morgan fingerprint density at radius 3 is 2.64 bits per heavy atom. The number of carbonyl (C=O) groups excluding carboxylic acids is 2. The lowest BCUT2D eigenvalue weighted by atomic mass is 10.1. The Bertz CT molecular complexity index is 1210. The number of hydrogen-bond donors (Lipinski definition) is 2. The molecule has 1 aliphatic heterocycles. The summed E-state index contributed by atoms with van der Waals surface area (Å²) in [4.78, 5) is 33.8. The van der Waals surface area contributed by atoms with E-state index in [1.807, 2.05) is 6.07 Å². The van der Waals surface area contributed by atoms with Gasteiger partial charge < -0.3 is 20.3 Å². The third kappa shape index (κ3) is 5.11. The maximum absolute atomic E-state index is 14.4. The lowest BCUT2D eigenvalue weighted by Gasteiger charge is -2.26. The molecule has 2 amide bonds. The highest BCUT2D eigenvalue weighted by Gasteiger charge is 2.20. The van der Waals surface area contributed by atoms with Gasteiger partial charge in [-0.3, -0.25) is 9.59 Å². The van der Waals surface area contributed by atoms with Gasteiger partial charge in [-0.05, 0) is 36.4 Å². The Morgan fingerprint density at radius 1 is 1.18 bits per heavy atom. The van der Waals surface area contributed by atoms with E-state index in [0.717, 1.165) is 11.9 Å². The Balaban J connectivity index is 1.49. The zero-order chi connectivity index (χ0) is 23.2. The molecule has 0 aliphatic carbocycles. The van der Waals surface area contributed by atoms with Crippen molar-refractivity contribution in [1.29, 1.82) is 5.26 Å². The Morgan fingerprint density at radius 2 is 1.94 bits per heavy atom. The van der Waals surface area contributed by atoms with Crippen LogP contribution in [0.25, 0.3) is 11.3 Å². The van der Waals surface area contributed by atoms with Crippen molar-refractivity contribution in [2.75, 3.05) is 36.5 Å². The van der Waals surface area contributed by atoms with E-state index in [0.29, 0.717) is 30.0 Å². The summed E-state index contributed by atoms with van der Waals surface area (Å²) in [7, 11) is 0. The molecule has 0 saturated carbocycles. The number of nitriles is 1. The highest BCUT2D eigenvalue weighted by molar-refractivity contribution is 5.95. The van der Waals surface area contributed by atoms with Crippen molar-refractivity contribution in [1.82, 2.24) is 15.3 Å². The van der Waals surface area contributed by atoms with E-state index in [9.17, 15) is 14.0 Å². The Hall–Kier alpha value is -4.36. The topological polar surface area (TPSA) is 120 Å². The monoisotopic (exact) mass is 446 g/mol. The van der Waals surface area contributed by atoms with Gasteiger partial charge in [-0.25, -0.2) is 14.4 Å². The fourth-order valence-corrected chi connectivity index (χ4v) is 3.28. The summed E-state index contributed by atoms with van der Waals surface area (Å²) < 4.78 is 19.5. The Kier molecular flexibility index (Phi) is 6.52. The minimum absolute atomic E-state index is 0.0672. The molecular formula is C23H19FN6O3. The molecule has 0 radical (unpaired) electrons. The number of morpholine rings is 1. The highest BCUT2D eigenvalue weighted by Crippen LogP contribution is 2.24. The Labute approximate surface area is 188 Å². The fraction of sp³-hybridized carbons (Fsp3) is 0.174. The number of carbonyl (C=O) groups is 2. The van der Waals surface area contributed by atoms with E-state index in [1.54, 1.807) is 41.3 Å². The zero-order valence-corrected chi connectivity index (χ0v) is 17.4. The van der Waals surface area contributed by atoms with Gasteiger partial charge in [-0.15, -0.1) is 0 Å². The minimum Gasteiger partial charge on any atom is -0.370 e. The van der Waals surface area contributed by atoms with Gasteiger partial charge in [-0.2, -0.15) is 5.26 Å². The van der Waals surface area contributed by atoms with Gasteiger partial charge in [-0.1, -0.05) is 12.1 Å². The number of rotatable bonds is 6. The van der Waals surface area contributed by atoms with Crippen LogP contribution in [0.5, 0.6) is 0 Å². The summed E-state index contributed by atoms with van der Waals surface area (Å²) >= 11 is 0. The van der Waals surface area contributed by atoms with Crippen LogP contribution in [-0.2, 0) is 9.53 Å². The van der Waals surface area contributed by atoms with Crippen molar-refractivity contribution >= 4 is 29.1 Å². The molecule has 0 unspecified atom stereocenters. The van der Waals surface area contributed by atoms with Crippen molar-refractivity contribution in [3.8, 4) is 17.3 Å². The van der Waals surface area contributed by atoms with Gasteiger partial charge in [0.25, 0.3) is 11.8 Å². The van der Waals surface area contributed by atoms with Gasteiger partial charge in [0, 0.05) is 29.0 Å². The van der Waals surface area contributed by atoms with Crippen molar-refractivity contribution < 1.29 is 18.7 Å². The molecule has 166 valence electrons. The quantitative estimate of drug-likeness (QED) is 0.559. The third-order valence-corrected chi connectivity index (χ3v) is 4.91. The second kappa shape index (κ2) is 9.84. The minimum atomic E-state index is -0.608. The molecule has 0 spiro atoms. The number of ether oxygens (including phenoxy) is 1. The number of nitrogens with zero attached hydrogens (tertiary/aromatic N) is 4. The summed E-state index contributed by atoms with van der Waals surface area (Å²) in [5, 5.41) is 14.0. The smallest absolute Gasteiger partial charge is 0.253 e. The summed E-state index contributed by atoms with van der Waals surface area (Å²) in [6.45, 7) is 0.954. The maximum Gasteiger partial charge on any atom is 0.253 e. The first-order valence-corrected chi connectivity index (χ1v) is 10.1. The average Bonchev–Trinajstić information content (AvgIpc) is 2.85. The van der Waals surface area contributed by atoms with Crippen molar-refractivity contribution in [2.45, 2.75) is 0 Å². The van der Waals surface area contributed by atoms with E-state index in [-0.39, 0.29) is 30.7 Å². The molecule has 1 saturated heterocycles. The first-order chi connectivity index (χ1) is 16.0. The summed E-state index contributed by atoms with van der Waals surface area (Å²) in [6, 6.07) is 15.2. The van der Waals surface area contributed by atoms with Crippen LogP contribution >= 0.6 is 0 Å². The number of halogens is 1. The van der Waals surface area contributed by atoms with Crippen molar-refractivity contribution in [3.63, 3.8) is 0 Å². The standard InChI is InChI=1S/C23H19FN6O3/c24-19-13-27-23(28-17-5-7-18(8-6-17)30-11-12-33-14-20(30)31)29-21(19)15-1-3-16(4-2-15)22(32)26-10-9-25/h1-8,13H,10-12,14H2,(H,26,32)(H,27,28,29). The van der Waals surface area contributed by atoms with Crippen LogP contribution in [0.15, 0.2) is 54.7 Å². The number of hydrogen-bond acceptors (Lipinski definition) is 7. The van der Waals surface area contributed by atoms with E-state index in [1.165, 1.54) is 12.1 Å². The normalized spacial score (nSPS) is 13.3. The molecule has 0 bridgehead atoms. The predicted molar refractivity (Wildman–Crippen MR) is 118 cm³/mol. The third-order valence-electron chi connectivity index (χ3n) is 4.91. The van der Waals surface area contributed by atoms with Gasteiger partial charge in [0.15, 0.2) is 5.82 Å². The summed E-state index contributed by atoms with van der Waals surface area (Å²) in [5.74, 6) is -0.904. The number of anilines is 3. The molecule has 2 N–H and O–H groups in total. The van der Waals surface area contributed by atoms with Crippen molar-refractivity contribution in [3.05, 3.63) is 66.1 Å². The van der Waals surface area contributed by atoms with Gasteiger partial charge in [0.2, 0.25) is 5.95 Å². The van der Waals surface area contributed by atoms with Crippen molar-refractivity contribution in [2.24, 2.45) is 0 Å². The van der Waals surface area contributed by atoms with E-state index < -0.39 is 11.7 Å². The molecule has 33 heavy (non-hydrogen) atoms. The average molecular weight is 446 g/mol. The largest absolute Gasteiger partial charge is 0.370 e. The lowest BCUT2D eigenvalue weighted by molar-refractivity contribution is -0.125. The first-order valence-electron chi connectivity index (χ1n) is 10.1. The molecule has 3 aromatic rings. The molecule has 4 rings (SSSR count). The zero-order valence-electron chi connectivity index (χ0n) is 17.4. The van der Waals surface area contributed by atoms with E-state index >= 15 is 0 Å². The van der Waals surface area contributed by atoms with E-state index in [2.05, 4.69) is 20.6 Å². The first kappa shape index (κ1) is 21.9. The maximum atomic E-state index is 14.4. The van der Waals surface area contributed by atoms with Gasteiger partial charge in [0.05, 0.1) is 18.9 Å².